The van der Waals surface area contributed by atoms with Crippen LogP contribution in [0.25, 0.3) is 0 Å². The zero-order valence-electron chi connectivity index (χ0n) is 11.5. The van der Waals surface area contributed by atoms with Gasteiger partial charge in [-0.15, -0.1) is 13.2 Å². The molecule has 0 unspecified atom stereocenters. The Morgan fingerprint density at radius 1 is 1.23 bits per heavy atom. The number of alkyl halides is 3. The first-order valence-corrected chi connectivity index (χ1v) is 6.21. The summed E-state index contributed by atoms with van der Waals surface area (Å²) < 4.78 is 40.0. The van der Waals surface area contributed by atoms with E-state index in [-0.39, 0.29) is 23.9 Å². The zero-order chi connectivity index (χ0) is 16.2. The lowest BCUT2D eigenvalue weighted by Crippen LogP contribution is -2.27. The first-order valence-electron chi connectivity index (χ1n) is 6.21. The second-order valence-electron chi connectivity index (χ2n) is 4.44. The van der Waals surface area contributed by atoms with Gasteiger partial charge in [0.25, 0.3) is 5.91 Å². The molecule has 1 heterocycles. The molecule has 0 saturated heterocycles. The minimum atomic E-state index is -4.72. The van der Waals surface area contributed by atoms with Crippen LogP contribution in [-0.2, 0) is 6.54 Å². The van der Waals surface area contributed by atoms with Gasteiger partial charge in [0.1, 0.15) is 11.4 Å². The molecule has 0 aliphatic heterocycles. The number of rotatable bonds is 4. The van der Waals surface area contributed by atoms with Crippen LogP contribution in [0.1, 0.15) is 16.1 Å². The van der Waals surface area contributed by atoms with Crippen molar-refractivity contribution in [3.63, 3.8) is 0 Å². The molecule has 1 aromatic carbocycles. The number of ether oxygens (including phenoxy) is 1. The van der Waals surface area contributed by atoms with Crippen LogP contribution in [0.2, 0.25) is 0 Å². The van der Waals surface area contributed by atoms with Gasteiger partial charge in [-0.3, -0.25) is 9.78 Å². The van der Waals surface area contributed by atoms with Crippen LogP contribution in [-0.4, -0.2) is 34.2 Å². The number of halogens is 3. The third kappa shape index (κ3) is 4.44. The van der Waals surface area contributed by atoms with E-state index in [0.29, 0.717) is 5.56 Å². The molecule has 0 radical (unpaired) electrons. The predicted octanol–water partition coefficient (Wildman–Crippen LogP) is 2.65. The number of carbonyl (C=O) groups excluding carboxylic acids is 1. The molecule has 2 aromatic rings. The molecule has 0 aliphatic rings. The molecule has 116 valence electrons. The summed E-state index contributed by atoms with van der Waals surface area (Å²) in [5, 5.41) is 0. The Kier molecular flexibility index (Phi) is 4.59. The zero-order valence-corrected chi connectivity index (χ0v) is 11.5. The smallest absolute Gasteiger partial charge is 0.406 e. The second kappa shape index (κ2) is 6.42. The van der Waals surface area contributed by atoms with Gasteiger partial charge in [0.15, 0.2) is 0 Å². The molecule has 2 rings (SSSR count). The molecule has 1 aromatic heterocycles. The fourth-order valence-electron chi connectivity index (χ4n) is 1.75. The standard InChI is InChI=1S/C14H12F3N3O2/c1-20(13(21)12-8-18-6-7-19-12)9-10-2-4-11(5-3-10)22-14(15,16)17/h2-8H,9H2,1H3. The summed E-state index contributed by atoms with van der Waals surface area (Å²) in [5.74, 6) is -0.636. The van der Waals surface area contributed by atoms with Crippen LogP contribution < -0.4 is 4.74 Å². The third-order valence-corrected chi connectivity index (χ3v) is 2.71. The van der Waals surface area contributed by atoms with Gasteiger partial charge < -0.3 is 9.64 Å². The highest BCUT2D eigenvalue weighted by Crippen LogP contribution is 2.23. The molecule has 5 nitrogen and oxygen atoms in total. The lowest BCUT2D eigenvalue weighted by molar-refractivity contribution is -0.274. The largest absolute Gasteiger partial charge is 0.573 e. The average Bonchev–Trinajstić information content (AvgIpc) is 2.48. The first kappa shape index (κ1) is 15.7. The van der Waals surface area contributed by atoms with Crippen LogP contribution in [0.15, 0.2) is 42.9 Å². The molecule has 1 amide bonds. The topological polar surface area (TPSA) is 55.3 Å². The molecule has 8 heteroatoms. The second-order valence-corrected chi connectivity index (χ2v) is 4.44. The van der Waals surface area contributed by atoms with Crippen molar-refractivity contribution in [3.05, 3.63) is 54.1 Å². The van der Waals surface area contributed by atoms with Crippen LogP contribution in [0, 0.1) is 0 Å². The predicted molar refractivity (Wildman–Crippen MR) is 71.0 cm³/mol. The fraction of sp³-hybridized carbons (Fsp3) is 0.214. The molecule has 0 saturated carbocycles. The van der Waals surface area contributed by atoms with E-state index in [2.05, 4.69) is 14.7 Å². The van der Waals surface area contributed by atoms with Gasteiger partial charge in [-0.05, 0) is 17.7 Å². The van der Waals surface area contributed by atoms with E-state index in [1.54, 1.807) is 7.05 Å². The van der Waals surface area contributed by atoms with Crippen LogP contribution in [0.5, 0.6) is 5.75 Å². The summed E-state index contributed by atoms with van der Waals surface area (Å²) >= 11 is 0. The van der Waals surface area contributed by atoms with Gasteiger partial charge in [-0.2, -0.15) is 0 Å². The van der Waals surface area contributed by atoms with Crippen molar-refractivity contribution in [3.8, 4) is 5.75 Å². The van der Waals surface area contributed by atoms with Gasteiger partial charge in [0, 0.05) is 26.0 Å². The minimum Gasteiger partial charge on any atom is -0.406 e. The first-order chi connectivity index (χ1) is 10.3. The fourth-order valence-corrected chi connectivity index (χ4v) is 1.75. The van der Waals surface area contributed by atoms with Crippen molar-refractivity contribution in [1.82, 2.24) is 14.9 Å². The number of aromatic nitrogens is 2. The number of hydrogen-bond donors (Lipinski definition) is 0. The Bertz CT molecular complexity index is 630. The van der Waals surface area contributed by atoms with Crippen molar-refractivity contribution in [1.29, 1.82) is 0 Å². The number of carbonyl (C=O) groups is 1. The highest BCUT2D eigenvalue weighted by Gasteiger charge is 2.30. The SMILES string of the molecule is CN(Cc1ccc(OC(F)(F)F)cc1)C(=O)c1cnccn1. The highest BCUT2D eigenvalue weighted by molar-refractivity contribution is 5.91. The van der Waals surface area contributed by atoms with Gasteiger partial charge in [-0.25, -0.2) is 4.98 Å². The van der Waals surface area contributed by atoms with Gasteiger partial charge in [-0.1, -0.05) is 12.1 Å². The maximum atomic E-state index is 12.1. The summed E-state index contributed by atoms with van der Waals surface area (Å²) in [7, 11) is 1.57. The Morgan fingerprint density at radius 2 is 1.91 bits per heavy atom. The Labute approximate surface area is 124 Å². The molecule has 0 aliphatic carbocycles. The van der Waals surface area contributed by atoms with Crippen molar-refractivity contribution >= 4 is 5.91 Å². The highest BCUT2D eigenvalue weighted by atomic mass is 19.4. The summed E-state index contributed by atoms with van der Waals surface area (Å²) in [6.07, 6.45) is -0.514. The number of nitrogens with zero attached hydrogens (tertiary/aromatic N) is 3. The molecule has 0 atom stereocenters. The lowest BCUT2D eigenvalue weighted by Gasteiger charge is -2.17. The summed E-state index contributed by atoms with van der Waals surface area (Å²) in [4.78, 5) is 21.2. The minimum absolute atomic E-state index is 0.196. The average molecular weight is 311 g/mol. The Hall–Kier alpha value is -2.64. The van der Waals surface area contributed by atoms with Gasteiger partial charge in [0.2, 0.25) is 0 Å². The van der Waals surface area contributed by atoms with Crippen molar-refractivity contribution < 1.29 is 22.7 Å². The number of hydrogen-bond acceptors (Lipinski definition) is 4. The van der Waals surface area contributed by atoms with Crippen molar-refractivity contribution in [2.75, 3.05) is 7.05 Å². The normalized spacial score (nSPS) is 11.1. The van der Waals surface area contributed by atoms with E-state index in [0.717, 1.165) is 0 Å². The molecule has 0 spiro atoms. The Balaban J connectivity index is 2.00. The Morgan fingerprint density at radius 3 is 2.45 bits per heavy atom. The molecule has 0 fully saturated rings. The van der Waals surface area contributed by atoms with E-state index < -0.39 is 6.36 Å². The third-order valence-electron chi connectivity index (χ3n) is 2.71. The van der Waals surface area contributed by atoms with Crippen molar-refractivity contribution in [2.45, 2.75) is 12.9 Å². The van der Waals surface area contributed by atoms with E-state index >= 15 is 0 Å². The number of amides is 1. The van der Waals surface area contributed by atoms with E-state index in [1.165, 1.54) is 47.8 Å². The molecule has 0 bridgehead atoms. The maximum absolute atomic E-state index is 12.1. The quantitative estimate of drug-likeness (QED) is 0.871. The van der Waals surface area contributed by atoms with Gasteiger partial charge in [0.05, 0.1) is 6.20 Å². The van der Waals surface area contributed by atoms with E-state index in [9.17, 15) is 18.0 Å². The molecular weight excluding hydrogens is 299 g/mol. The summed E-state index contributed by atoms with van der Waals surface area (Å²) in [6.45, 7) is 0.224. The van der Waals surface area contributed by atoms with Crippen LogP contribution >= 0.6 is 0 Å². The van der Waals surface area contributed by atoms with Crippen LogP contribution in [0.4, 0.5) is 13.2 Å². The summed E-state index contributed by atoms with van der Waals surface area (Å²) in [5.41, 5.74) is 0.858. The maximum Gasteiger partial charge on any atom is 0.573 e. The van der Waals surface area contributed by atoms with Crippen molar-refractivity contribution in [2.24, 2.45) is 0 Å². The van der Waals surface area contributed by atoms with E-state index in [1.807, 2.05) is 0 Å². The van der Waals surface area contributed by atoms with E-state index in [4.69, 9.17) is 0 Å². The number of benzene rings is 1. The molecule has 22 heavy (non-hydrogen) atoms. The van der Waals surface area contributed by atoms with Gasteiger partial charge >= 0.3 is 6.36 Å². The summed E-state index contributed by atoms with van der Waals surface area (Å²) in [6, 6.07) is 5.32. The molecule has 0 N–H and O–H groups in total. The van der Waals surface area contributed by atoms with Crippen LogP contribution in [0.3, 0.4) is 0 Å². The molecular formula is C14H12F3N3O2. The monoisotopic (exact) mass is 311 g/mol. The lowest BCUT2D eigenvalue weighted by atomic mass is 10.2.